The summed E-state index contributed by atoms with van der Waals surface area (Å²) in [4.78, 5) is 56.4. The Morgan fingerprint density at radius 3 is 0.821 bits per heavy atom. The number of carbonyl (C=O) groups excluding carboxylic acids is 5. The minimum atomic E-state index is -1.54. The van der Waals surface area contributed by atoms with Crippen LogP contribution in [0.3, 0.4) is 0 Å². The van der Waals surface area contributed by atoms with E-state index in [1.165, 1.54) is 4.90 Å². The van der Waals surface area contributed by atoms with E-state index < -0.39 is 62.6 Å². The fraction of sp³-hybridized carbons (Fsp3) is 0.643. The predicted molar refractivity (Wildman–Crippen MR) is 74.4 cm³/mol. The molecule has 0 aromatic rings. The maximum atomic E-state index is 10.8. The Kier molecular flexibility index (Phi) is 14.9. The molecule has 0 aromatic carbocycles. The van der Waals surface area contributed by atoms with Gasteiger partial charge in [-0.25, -0.2) is 0 Å². The Bertz CT molecular complexity index is 487. The standard InChI is InChI=1S/C14H23N3O10.Re/c18-10(19)5-15(1-3-16(6-11(20)21)7-12(22)23)2-4-17(8-13(24)25)9-14(26)27;/h1-9H2,(H,18,19)(H,20,21)(H,22,23)(H,24,25)(H,26,27);/p-5. The summed E-state index contributed by atoms with van der Waals surface area (Å²) in [5.41, 5.74) is 0. The molecule has 0 fully saturated rings. The van der Waals surface area contributed by atoms with Gasteiger partial charge in [0.25, 0.3) is 0 Å². The summed E-state index contributed by atoms with van der Waals surface area (Å²) >= 11 is 0. The molecule has 0 aliphatic carbocycles. The van der Waals surface area contributed by atoms with Gasteiger partial charge in [-0.15, -0.1) is 0 Å². The van der Waals surface area contributed by atoms with E-state index in [0.717, 1.165) is 9.80 Å². The average Bonchev–Trinajstić information content (AvgIpc) is 2.46. The molecular formula is C14H18N3O10Re-5. The van der Waals surface area contributed by atoms with Gasteiger partial charge in [-0.3, -0.25) is 14.7 Å². The Morgan fingerprint density at radius 1 is 0.429 bits per heavy atom. The van der Waals surface area contributed by atoms with Gasteiger partial charge in [-0.1, -0.05) is 0 Å². The molecular weight excluding hydrogens is 556 g/mol. The zero-order chi connectivity index (χ0) is 21.0. The minimum Gasteiger partial charge on any atom is -0.549 e. The molecule has 0 aliphatic heterocycles. The Balaban J connectivity index is 0. The molecule has 0 bridgehead atoms. The van der Waals surface area contributed by atoms with Crippen LogP contribution in [0.4, 0.5) is 0 Å². The molecule has 0 rings (SSSR count). The van der Waals surface area contributed by atoms with Crippen LogP contribution in [0.5, 0.6) is 0 Å². The second kappa shape index (κ2) is 14.9. The van der Waals surface area contributed by atoms with Crippen LogP contribution in [0.1, 0.15) is 0 Å². The van der Waals surface area contributed by atoms with E-state index in [0.29, 0.717) is 0 Å². The Morgan fingerprint density at radius 2 is 0.607 bits per heavy atom. The van der Waals surface area contributed by atoms with Crippen LogP contribution in [0.15, 0.2) is 0 Å². The number of rotatable bonds is 16. The minimum absolute atomic E-state index is 0. The van der Waals surface area contributed by atoms with Crippen LogP contribution in [0.2, 0.25) is 0 Å². The van der Waals surface area contributed by atoms with Crippen molar-refractivity contribution in [1.29, 1.82) is 0 Å². The van der Waals surface area contributed by atoms with Crippen molar-refractivity contribution in [3.8, 4) is 0 Å². The number of hydrogen-bond acceptors (Lipinski definition) is 13. The van der Waals surface area contributed by atoms with Gasteiger partial charge >= 0.3 is 0 Å². The van der Waals surface area contributed by atoms with E-state index in [2.05, 4.69) is 0 Å². The van der Waals surface area contributed by atoms with Gasteiger partial charge in [0.2, 0.25) is 0 Å². The van der Waals surface area contributed by atoms with Gasteiger partial charge in [0, 0.05) is 79.3 Å². The van der Waals surface area contributed by atoms with Gasteiger partial charge in [-0.05, 0) is 0 Å². The molecule has 13 nitrogen and oxygen atoms in total. The summed E-state index contributed by atoms with van der Waals surface area (Å²) in [5.74, 6) is -7.67. The van der Waals surface area contributed by atoms with Crippen molar-refractivity contribution >= 4 is 29.8 Å². The van der Waals surface area contributed by atoms with Crippen LogP contribution < -0.4 is 25.5 Å². The summed E-state index contributed by atoms with van der Waals surface area (Å²) < 4.78 is 0. The third kappa shape index (κ3) is 16.1. The van der Waals surface area contributed by atoms with Crippen LogP contribution in [-0.2, 0) is 44.4 Å². The van der Waals surface area contributed by atoms with E-state index in [1.807, 2.05) is 0 Å². The zero-order valence-electron chi connectivity index (χ0n) is 14.7. The van der Waals surface area contributed by atoms with Crippen molar-refractivity contribution in [2.24, 2.45) is 0 Å². The molecule has 0 saturated heterocycles. The maximum absolute atomic E-state index is 10.8. The Labute approximate surface area is 173 Å². The molecule has 1 radical (unpaired) electrons. The monoisotopic (exact) mass is 575 g/mol. The molecule has 161 valence electrons. The van der Waals surface area contributed by atoms with Crippen molar-refractivity contribution < 1.29 is 69.9 Å². The summed E-state index contributed by atoms with van der Waals surface area (Å²) in [6.07, 6.45) is 0. The van der Waals surface area contributed by atoms with Gasteiger partial charge in [0.05, 0.1) is 29.8 Å². The molecule has 28 heavy (non-hydrogen) atoms. The van der Waals surface area contributed by atoms with E-state index >= 15 is 0 Å². The molecule has 0 unspecified atom stereocenters. The van der Waals surface area contributed by atoms with Gasteiger partial charge < -0.3 is 49.5 Å². The number of carboxylic acids is 5. The van der Waals surface area contributed by atoms with Crippen molar-refractivity contribution in [3.63, 3.8) is 0 Å². The molecule has 0 amide bonds. The normalized spacial score (nSPS) is 10.7. The molecule has 0 N–H and O–H groups in total. The van der Waals surface area contributed by atoms with Crippen LogP contribution >= 0.6 is 0 Å². The first-order valence-corrected chi connectivity index (χ1v) is 7.66. The molecule has 0 atom stereocenters. The molecule has 14 heteroatoms. The SMILES string of the molecule is O=C([O-])CN(CCN(CC(=O)[O-])CC(=O)[O-])CCN(CC(=O)[O-])CC(=O)[O-].[Re]. The van der Waals surface area contributed by atoms with Crippen LogP contribution in [0.25, 0.3) is 0 Å². The van der Waals surface area contributed by atoms with Crippen molar-refractivity contribution in [2.75, 3.05) is 58.9 Å². The quantitative estimate of drug-likeness (QED) is 0.168. The van der Waals surface area contributed by atoms with E-state index in [-0.39, 0.29) is 46.6 Å². The molecule has 0 aromatic heterocycles. The predicted octanol–water partition coefficient (Wildman–Crippen LogP) is -9.36. The fourth-order valence-corrected chi connectivity index (χ4v) is 2.18. The van der Waals surface area contributed by atoms with Crippen molar-refractivity contribution in [1.82, 2.24) is 14.7 Å². The van der Waals surface area contributed by atoms with Crippen LogP contribution in [-0.4, -0.2) is 103 Å². The smallest absolute Gasteiger partial charge is 0.0555 e. The van der Waals surface area contributed by atoms with E-state index in [9.17, 15) is 49.5 Å². The summed E-state index contributed by atoms with van der Waals surface area (Å²) in [7, 11) is 0. The second-order valence-corrected chi connectivity index (χ2v) is 5.56. The number of aliphatic carboxylic acids is 5. The summed E-state index contributed by atoms with van der Waals surface area (Å²) in [6.45, 7) is -4.16. The van der Waals surface area contributed by atoms with Crippen LogP contribution in [0, 0.1) is 0 Å². The van der Waals surface area contributed by atoms with Gasteiger partial charge in [-0.2, -0.15) is 0 Å². The fourth-order valence-electron chi connectivity index (χ4n) is 2.18. The number of nitrogens with zero attached hydrogens (tertiary/aromatic N) is 3. The first kappa shape index (κ1) is 28.1. The third-order valence-electron chi connectivity index (χ3n) is 3.23. The number of hydrogen-bond donors (Lipinski definition) is 0. The van der Waals surface area contributed by atoms with Crippen molar-refractivity contribution in [3.05, 3.63) is 0 Å². The van der Waals surface area contributed by atoms with Gasteiger partial charge in [0.1, 0.15) is 0 Å². The second-order valence-electron chi connectivity index (χ2n) is 5.56. The number of carbonyl (C=O) groups is 5. The number of carboxylic acid groups (broad SMARTS) is 5. The Hall–Kier alpha value is -2.11. The largest absolute Gasteiger partial charge is 0.549 e. The third-order valence-corrected chi connectivity index (χ3v) is 3.23. The average molecular weight is 575 g/mol. The van der Waals surface area contributed by atoms with E-state index in [1.54, 1.807) is 0 Å². The van der Waals surface area contributed by atoms with Crippen molar-refractivity contribution in [2.45, 2.75) is 0 Å². The zero-order valence-corrected chi connectivity index (χ0v) is 17.4. The first-order valence-electron chi connectivity index (χ1n) is 7.66. The maximum Gasteiger partial charge on any atom is 0.0555 e. The summed E-state index contributed by atoms with van der Waals surface area (Å²) in [6, 6.07) is 0. The molecule has 0 saturated carbocycles. The topological polar surface area (TPSA) is 210 Å². The molecule has 0 aliphatic rings. The van der Waals surface area contributed by atoms with E-state index in [4.69, 9.17) is 0 Å². The molecule has 0 spiro atoms. The molecule has 0 heterocycles. The summed E-state index contributed by atoms with van der Waals surface area (Å²) in [5, 5.41) is 53.3. The van der Waals surface area contributed by atoms with Gasteiger partial charge in [0.15, 0.2) is 0 Å². The first-order chi connectivity index (χ1) is 12.5.